The summed E-state index contributed by atoms with van der Waals surface area (Å²) < 4.78 is 0. The number of hydrogen-bond donors (Lipinski definition) is 2. The number of nitrogens with zero attached hydrogens (tertiary/aromatic N) is 1. The van der Waals surface area contributed by atoms with Crippen molar-refractivity contribution < 1.29 is 9.59 Å². The normalized spacial score (nSPS) is 17.4. The van der Waals surface area contributed by atoms with E-state index in [2.05, 4.69) is 10.6 Å². The molecule has 0 radical (unpaired) electrons. The van der Waals surface area contributed by atoms with Gasteiger partial charge in [0, 0.05) is 24.7 Å². The van der Waals surface area contributed by atoms with E-state index in [1.807, 2.05) is 25.1 Å². The number of benzene rings is 1. The molecule has 2 rings (SSSR count). The first-order chi connectivity index (χ1) is 8.97. The number of carbonyl (C=O) groups is 2. The van der Waals surface area contributed by atoms with Crippen molar-refractivity contribution in [2.45, 2.75) is 17.1 Å². The van der Waals surface area contributed by atoms with E-state index in [1.165, 1.54) is 4.90 Å². The van der Waals surface area contributed by atoms with Gasteiger partial charge in [0.15, 0.2) is 0 Å². The smallest absolute Gasteiger partial charge is 0.241 e. The van der Waals surface area contributed by atoms with Crippen LogP contribution >= 0.6 is 11.8 Å². The topological polar surface area (TPSA) is 61.4 Å². The average Bonchev–Trinajstić information content (AvgIpc) is 2.37. The number of nitrogens with one attached hydrogen (secondary N) is 2. The van der Waals surface area contributed by atoms with E-state index < -0.39 is 0 Å². The Morgan fingerprint density at radius 2 is 2.21 bits per heavy atom. The Hall–Kier alpha value is -1.69. The van der Waals surface area contributed by atoms with Crippen LogP contribution in [-0.2, 0) is 9.59 Å². The van der Waals surface area contributed by atoms with Crippen molar-refractivity contribution in [1.82, 2.24) is 4.90 Å². The third kappa shape index (κ3) is 3.20. The first-order valence-corrected chi connectivity index (χ1v) is 6.91. The second-order valence-corrected chi connectivity index (χ2v) is 5.98. The predicted molar refractivity (Wildman–Crippen MR) is 77.6 cm³/mol. The molecule has 0 aromatic heterocycles. The van der Waals surface area contributed by atoms with Gasteiger partial charge in [-0.05, 0) is 25.1 Å². The molecule has 102 valence electrons. The minimum absolute atomic E-state index is 0.00440. The summed E-state index contributed by atoms with van der Waals surface area (Å²) in [7, 11) is 3.43. The Kier molecular flexibility index (Phi) is 3.99. The zero-order valence-corrected chi connectivity index (χ0v) is 12.0. The molecule has 1 unspecified atom stereocenters. The van der Waals surface area contributed by atoms with Gasteiger partial charge in [-0.3, -0.25) is 9.59 Å². The average molecular weight is 279 g/mol. The first kappa shape index (κ1) is 13.7. The van der Waals surface area contributed by atoms with Gasteiger partial charge in [0.05, 0.1) is 17.5 Å². The van der Waals surface area contributed by atoms with E-state index in [0.29, 0.717) is 0 Å². The number of carbonyl (C=O) groups excluding carboxylic acids is 2. The van der Waals surface area contributed by atoms with Crippen molar-refractivity contribution in [2.75, 3.05) is 31.3 Å². The van der Waals surface area contributed by atoms with E-state index in [0.717, 1.165) is 16.3 Å². The number of likely N-dealkylation sites (N-methyl/N-ethyl adjacent to an activating group) is 1. The molecule has 1 atom stereocenters. The lowest BCUT2D eigenvalue weighted by Gasteiger charge is -2.22. The first-order valence-electron chi connectivity index (χ1n) is 6.03. The minimum atomic E-state index is -0.0679. The maximum Gasteiger partial charge on any atom is 0.241 e. The molecular formula is C13H17N3O2S. The molecule has 2 N–H and O–H groups in total. The van der Waals surface area contributed by atoms with Crippen LogP contribution in [0.25, 0.3) is 0 Å². The summed E-state index contributed by atoms with van der Waals surface area (Å²) in [5, 5.41) is 5.85. The largest absolute Gasteiger partial charge is 0.376 e. The lowest BCUT2D eigenvalue weighted by molar-refractivity contribution is -0.126. The summed E-state index contributed by atoms with van der Waals surface area (Å²) in [6.45, 7) is 2.12. The van der Waals surface area contributed by atoms with Gasteiger partial charge in [0.1, 0.15) is 0 Å². The molecule has 1 aromatic carbocycles. The lowest BCUT2D eigenvalue weighted by atomic mass is 10.2. The Labute approximate surface area is 116 Å². The second kappa shape index (κ2) is 5.52. The maximum atomic E-state index is 11.6. The van der Waals surface area contributed by atoms with Gasteiger partial charge in [-0.1, -0.05) is 0 Å². The molecule has 1 aliphatic rings. The molecular weight excluding hydrogens is 262 g/mol. The highest BCUT2D eigenvalue weighted by atomic mass is 32.2. The molecule has 5 nitrogen and oxygen atoms in total. The molecule has 1 aromatic rings. The summed E-state index contributed by atoms with van der Waals surface area (Å²) in [6.07, 6.45) is 0. The van der Waals surface area contributed by atoms with E-state index in [9.17, 15) is 9.59 Å². The Morgan fingerprint density at radius 3 is 2.89 bits per heavy atom. The lowest BCUT2D eigenvalue weighted by Crippen LogP contribution is -2.29. The maximum absolute atomic E-state index is 11.6. The van der Waals surface area contributed by atoms with Crippen molar-refractivity contribution in [1.29, 1.82) is 0 Å². The van der Waals surface area contributed by atoms with E-state index >= 15 is 0 Å². The van der Waals surface area contributed by atoms with Gasteiger partial charge in [-0.15, -0.1) is 11.8 Å². The van der Waals surface area contributed by atoms with Crippen LogP contribution in [0.3, 0.4) is 0 Å². The van der Waals surface area contributed by atoms with Crippen LogP contribution in [-0.4, -0.2) is 42.6 Å². The quantitative estimate of drug-likeness (QED) is 0.882. The van der Waals surface area contributed by atoms with Crippen LogP contribution in [0.1, 0.15) is 6.92 Å². The van der Waals surface area contributed by atoms with Crippen LogP contribution < -0.4 is 10.6 Å². The summed E-state index contributed by atoms with van der Waals surface area (Å²) in [4.78, 5) is 25.7. The summed E-state index contributed by atoms with van der Waals surface area (Å²) in [5.74, 6) is 0.0174. The number of anilines is 2. The molecule has 1 aliphatic heterocycles. The number of fused-ring (bicyclic) bond motifs is 1. The molecule has 2 amide bonds. The third-order valence-corrected chi connectivity index (χ3v) is 4.03. The highest BCUT2D eigenvalue weighted by molar-refractivity contribution is 8.00. The molecule has 0 saturated heterocycles. The molecule has 0 saturated carbocycles. The van der Waals surface area contributed by atoms with Gasteiger partial charge in [-0.2, -0.15) is 0 Å². The molecule has 1 heterocycles. The van der Waals surface area contributed by atoms with Crippen LogP contribution in [0.5, 0.6) is 0 Å². The highest BCUT2D eigenvalue weighted by Gasteiger charge is 2.22. The third-order valence-electron chi connectivity index (χ3n) is 2.85. The van der Waals surface area contributed by atoms with E-state index in [1.54, 1.807) is 25.9 Å². The SMILES string of the molecule is CC1Sc2ccc(NCC(=O)N(C)C)cc2NC1=O. The molecule has 6 heteroatoms. The summed E-state index contributed by atoms with van der Waals surface area (Å²) in [6, 6.07) is 5.73. The van der Waals surface area contributed by atoms with Gasteiger partial charge >= 0.3 is 0 Å². The zero-order chi connectivity index (χ0) is 14.0. The monoisotopic (exact) mass is 279 g/mol. The van der Waals surface area contributed by atoms with Crippen LogP contribution in [0.15, 0.2) is 23.1 Å². The van der Waals surface area contributed by atoms with Crippen molar-refractivity contribution in [3.05, 3.63) is 18.2 Å². The van der Waals surface area contributed by atoms with Gasteiger partial charge in [0.25, 0.3) is 0 Å². The van der Waals surface area contributed by atoms with E-state index in [-0.39, 0.29) is 23.6 Å². The number of hydrogen-bond acceptors (Lipinski definition) is 4. The van der Waals surface area contributed by atoms with Crippen LogP contribution in [0.4, 0.5) is 11.4 Å². The van der Waals surface area contributed by atoms with Gasteiger partial charge < -0.3 is 15.5 Å². The standard InChI is InChI=1S/C13H17N3O2S/c1-8-13(18)15-10-6-9(4-5-11(10)19-8)14-7-12(17)16(2)3/h4-6,8,14H,7H2,1-3H3,(H,15,18). The van der Waals surface area contributed by atoms with Crippen LogP contribution in [0, 0.1) is 0 Å². The van der Waals surface area contributed by atoms with Crippen LogP contribution in [0.2, 0.25) is 0 Å². The number of amides is 2. The fourth-order valence-corrected chi connectivity index (χ4v) is 2.58. The van der Waals surface area contributed by atoms with Crippen molar-refractivity contribution in [2.24, 2.45) is 0 Å². The molecule has 0 spiro atoms. The Balaban J connectivity index is 2.07. The highest BCUT2D eigenvalue weighted by Crippen LogP contribution is 2.36. The predicted octanol–water partition coefficient (Wildman–Crippen LogP) is 1.62. The minimum Gasteiger partial charge on any atom is -0.376 e. The van der Waals surface area contributed by atoms with Crippen molar-refractivity contribution in [3.8, 4) is 0 Å². The number of thioether (sulfide) groups is 1. The fourth-order valence-electron chi connectivity index (χ4n) is 1.65. The van der Waals surface area contributed by atoms with Gasteiger partial charge in [0.2, 0.25) is 11.8 Å². The van der Waals surface area contributed by atoms with Crippen molar-refractivity contribution >= 4 is 35.0 Å². The summed E-state index contributed by atoms with van der Waals surface area (Å²) in [5.41, 5.74) is 1.62. The molecule has 0 fully saturated rings. The molecule has 19 heavy (non-hydrogen) atoms. The molecule has 0 aliphatic carbocycles. The number of rotatable bonds is 3. The summed E-state index contributed by atoms with van der Waals surface area (Å²) >= 11 is 1.54. The Morgan fingerprint density at radius 1 is 1.47 bits per heavy atom. The van der Waals surface area contributed by atoms with Crippen molar-refractivity contribution in [3.63, 3.8) is 0 Å². The zero-order valence-electron chi connectivity index (χ0n) is 11.2. The fraction of sp³-hybridized carbons (Fsp3) is 0.385. The second-order valence-electron chi connectivity index (χ2n) is 4.60. The van der Waals surface area contributed by atoms with E-state index in [4.69, 9.17) is 0 Å². The Bertz CT molecular complexity index is 517. The van der Waals surface area contributed by atoms with Gasteiger partial charge in [-0.25, -0.2) is 0 Å². The molecule has 0 bridgehead atoms.